The Morgan fingerprint density at radius 2 is 1.85 bits per heavy atom. The van der Waals surface area contributed by atoms with Crippen molar-refractivity contribution in [2.75, 3.05) is 24.7 Å². The van der Waals surface area contributed by atoms with Crippen molar-refractivity contribution in [2.45, 2.75) is 37.3 Å². The molecule has 2 N–H and O–H groups in total. The van der Waals surface area contributed by atoms with E-state index in [0.29, 0.717) is 16.7 Å². The molecule has 1 aliphatic rings. The van der Waals surface area contributed by atoms with Crippen molar-refractivity contribution in [3.8, 4) is 0 Å². The minimum absolute atomic E-state index is 0.259. The number of esters is 1. The molecule has 1 aromatic rings. The smallest absolute Gasteiger partial charge is 0.338 e. The molecular weight excluding hydrogens is 384 g/mol. The van der Waals surface area contributed by atoms with Crippen LogP contribution in [0.5, 0.6) is 0 Å². The van der Waals surface area contributed by atoms with E-state index >= 15 is 0 Å². The van der Waals surface area contributed by atoms with Crippen LogP contribution in [0.2, 0.25) is 0 Å². The second-order valence-corrected chi connectivity index (χ2v) is 8.93. The molecule has 1 atom stereocenters. The lowest BCUT2D eigenvalue weighted by molar-refractivity contribution is -0.130. The van der Waals surface area contributed by atoms with Crippen molar-refractivity contribution in [1.82, 2.24) is 10.6 Å². The van der Waals surface area contributed by atoms with E-state index in [0.717, 1.165) is 17.9 Å². The van der Waals surface area contributed by atoms with E-state index in [2.05, 4.69) is 10.6 Å². The van der Waals surface area contributed by atoms with Gasteiger partial charge in [0, 0.05) is 6.54 Å². The van der Waals surface area contributed by atoms with Crippen molar-refractivity contribution >= 4 is 41.3 Å². The van der Waals surface area contributed by atoms with Gasteiger partial charge in [0.05, 0.1) is 10.1 Å². The summed E-state index contributed by atoms with van der Waals surface area (Å²) in [5.41, 5.74) is 1.59. The van der Waals surface area contributed by atoms with Gasteiger partial charge in [0.25, 0.3) is 5.91 Å². The van der Waals surface area contributed by atoms with Gasteiger partial charge in [-0.05, 0) is 49.0 Å². The van der Waals surface area contributed by atoms with Crippen LogP contribution < -0.4 is 10.6 Å². The zero-order valence-electron chi connectivity index (χ0n) is 15.7. The van der Waals surface area contributed by atoms with E-state index in [-0.39, 0.29) is 5.91 Å². The van der Waals surface area contributed by atoms with Crippen LogP contribution in [0.4, 0.5) is 0 Å². The Bertz CT molecular complexity index is 646. The predicted molar refractivity (Wildman–Crippen MR) is 110 cm³/mol. The summed E-state index contributed by atoms with van der Waals surface area (Å²) in [4.78, 5) is 35.7. The lowest BCUT2D eigenvalue weighted by atomic mass is 10.1. The molecule has 6 nitrogen and oxygen atoms in total. The third-order valence-corrected chi connectivity index (χ3v) is 6.92. The molecule has 2 rings (SSSR count). The van der Waals surface area contributed by atoms with Crippen LogP contribution >= 0.6 is 23.5 Å². The SMILES string of the molecule is CCCNC(=O)[C@@H](C)NC(=O)COC(=O)c1ccc(C2SCCCS2)cc1. The van der Waals surface area contributed by atoms with Crippen LogP contribution in [0, 0.1) is 0 Å². The molecule has 8 heteroatoms. The van der Waals surface area contributed by atoms with Crippen molar-refractivity contribution < 1.29 is 19.1 Å². The van der Waals surface area contributed by atoms with Crippen LogP contribution in [0.25, 0.3) is 0 Å². The molecule has 1 fully saturated rings. The fraction of sp³-hybridized carbons (Fsp3) is 0.526. The summed E-state index contributed by atoms with van der Waals surface area (Å²) in [5, 5.41) is 5.21. The summed E-state index contributed by atoms with van der Waals surface area (Å²) < 4.78 is 5.46. The highest BCUT2D eigenvalue weighted by molar-refractivity contribution is 8.16. The molecule has 0 unspecified atom stereocenters. The number of rotatable bonds is 8. The first kappa shape index (κ1) is 21.6. The first-order valence-electron chi connectivity index (χ1n) is 9.08. The number of ether oxygens (including phenoxy) is 1. The Morgan fingerprint density at radius 3 is 2.48 bits per heavy atom. The zero-order chi connectivity index (χ0) is 19.6. The molecule has 27 heavy (non-hydrogen) atoms. The van der Waals surface area contributed by atoms with Crippen molar-refractivity contribution in [3.05, 3.63) is 35.4 Å². The minimum atomic E-state index is -0.674. The molecule has 0 spiro atoms. The molecule has 1 heterocycles. The van der Waals surface area contributed by atoms with E-state index in [1.54, 1.807) is 19.1 Å². The monoisotopic (exact) mass is 410 g/mol. The number of benzene rings is 1. The molecule has 148 valence electrons. The molecule has 0 bridgehead atoms. The summed E-state index contributed by atoms with van der Waals surface area (Å²) in [7, 11) is 0. The molecule has 0 radical (unpaired) electrons. The van der Waals surface area contributed by atoms with Gasteiger partial charge in [0.15, 0.2) is 6.61 Å². The number of carbonyl (C=O) groups is 3. The Labute approximate surface area is 168 Å². The van der Waals surface area contributed by atoms with E-state index in [1.165, 1.54) is 12.0 Å². The first-order chi connectivity index (χ1) is 13.0. The van der Waals surface area contributed by atoms with Gasteiger partial charge in [0.2, 0.25) is 5.91 Å². The van der Waals surface area contributed by atoms with Crippen LogP contribution in [-0.2, 0) is 14.3 Å². The Balaban J connectivity index is 1.77. The van der Waals surface area contributed by atoms with Gasteiger partial charge in [-0.25, -0.2) is 4.79 Å². The van der Waals surface area contributed by atoms with E-state index in [9.17, 15) is 14.4 Å². The lowest BCUT2D eigenvalue weighted by Crippen LogP contribution is -2.46. The van der Waals surface area contributed by atoms with Crippen LogP contribution in [-0.4, -0.2) is 48.5 Å². The molecule has 1 aliphatic heterocycles. The molecular formula is C19H26N2O4S2. The van der Waals surface area contributed by atoms with Gasteiger partial charge >= 0.3 is 5.97 Å². The molecule has 1 saturated heterocycles. The van der Waals surface area contributed by atoms with Gasteiger partial charge in [-0.3, -0.25) is 9.59 Å². The largest absolute Gasteiger partial charge is 0.452 e. The van der Waals surface area contributed by atoms with E-state index in [4.69, 9.17) is 4.74 Å². The number of nitrogens with one attached hydrogen (secondary N) is 2. The molecule has 0 aromatic heterocycles. The highest BCUT2D eigenvalue weighted by Crippen LogP contribution is 2.43. The molecule has 1 aromatic carbocycles. The maximum Gasteiger partial charge on any atom is 0.338 e. The maximum absolute atomic E-state index is 12.1. The minimum Gasteiger partial charge on any atom is -0.452 e. The lowest BCUT2D eigenvalue weighted by Gasteiger charge is -2.21. The fourth-order valence-electron chi connectivity index (χ4n) is 2.42. The van der Waals surface area contributed by atoms with E-state index < -0.39 is 24.5 Å². The quantitative estimate of drug-likeness (QED) is 0.641. The number of thioether (sulfide) groups is 2. The average molecular weight is 411 g/mol. The number of carbonyl (C=O) groups excluding carboxylic acids is 3. The van der Waals surface area contributed by atoms with Gasteiger partial charge in [-0.1, -0.05) is 19.1 Å². The Hall–Kier alpha value is -1.67. The van der Waals surface area contributed by atoms with Crippen LogP contribution in [0.1, 0.15) is 47.2 Å². The molecule has 0 saturated carbocycles. The third kappa shape index (κ3) is 7.10. The van der Waals surface area contributed by atoms with Gasteiger partial charge in [-0.15, -0.1) is 23.5 Å². The van der Waals surface area contributed by atoms with Crippen LogP contribution in [0.3, 0.4) is 0 Å². The topological polar surface area (TPSA) is 84.5 Å². The van der Waals surface area contributed by atoms with Crippen LogP contribution in [0.15, 0.2) is 24.3 Å². The second-order valence-electron chi connectivity index (χ2n) is 6.21. The van der Waals surface area contributed by atoms with Crippen molar-refractivity contribution in [3.63, 3.8) is 0 Å². The fourth-order valence-corrected chi connectivity index (χ4v) is 5.32. The Kier molecular flexibility index (Phi) is 9.00. The standard InChI is InChI=1S/C19H26N2O4S2/c1-3-9-20-17(23)13(2)21-16(22)12-25-18(24)14-5-7-15(8-6-14)19-26-10-4-11-27-19/h5-8,13,19H,3-4,9-12H2,1-2H3,(H,20,23)(H,21,22)/t13-/m1/s1. The number of hydrogen-bond acceptors (Lipinski definition) is 6. The van der Waals surface area contributed by atoms with Crippen molar-refractivity contribution in [1.29, 1.82) is 0 Å². The predicted octanol–water partition coefficient (Wildman–Crippen LogP) is 2.74. The van der Waals surface area contributed by atoms with Gasteiger partial charge in [-0.2, -0.15) is 0 Å². The average Bonchev–Trinajstić information content (AvgIpc) is 2.70. The summed E-state index contributed by atoms with van der Waals surface area (Å²) in [6.07, 6.45) is 2.05. The summed E-state index contributed by atoms with van der Waals surface area (Å²) in [5.74, 6) is 1.00. The zero-order valence-corrected chi connectivity index (χ0v) is 17.3. The third-order valence-electron chi connectivity index (χ3n) is 3.90. The molecule has 2 amide bonds. The van der Waals surface area contributed by atoms with Gasteiger partial charge < -0.3 is 15.4 Å². The Morgan fingerprint density at radius 1 is 1.19 bits per heavy atom. The number of hydrogen-bond donors (Lipinski definition) is 2. The number of amides is 2. The summed E-state index contributed by atoms with van der Waals surface area (Å²) in [6, 6.07) is 6.66. The maximum atomic E-state index is 12.1. The van der Waals surface area contributed by atoms with Crippen molar-refractivity contribution in [2.24, 2.45) is 0 Å². The molecule has 0 aliphatic carbocycles. The highest BCUT2D eigenvalue weighted by Gasteiger charge is 2.18. The first-order valence-corrected chi connectivity index (χ1v) is 11.2. The normalized spacial score (nSPS) is 15.6. The second kappa shape index (κ2) is 11.2. The highest BCUT2D eigenvalue weighted by atomic mass is 32.2. The van der Waals surface area contributed by atoms with E-state index in [1.807, 2.05) is 42.6 Å². The van der Waals surface area contributed by atoms with Gasteiger partial charge in [0.1, 0.15) is 6.04 Å². The summed E-state index contributed by atoms with van der Waals surface area (Å²) >= 11 is 3.84. The summed E-state index contributed by atoms with van der Waals surface area (Å²) in [6.45, 7) is 3.68.